The molecule has 4 heteroatoms. The van der Waals surface area contributed by atoms with Crippen molar-refractivity contribution in [3.05, 3.63) is 52.5 Å². The Bertz CT molecular complexity index is 615. The Kier molecular flexibility index (Phi) is 3.60. The van der Waals surface area contributed by atoms with Crippen molar-refractivity contribution >= 4 is 11.6 Å². The molecule has 1 amide bonds. The summed E-state index contributed by atoms with van der Waals surface area (Å²) in [5.41, 5.74) is 8.89. The summed E-state index contributed by atoms with van der Waals surface area (Å²) in [6.45, 7) is 6.00. The van der Waals surface area contributed by atoms with Crippen LogP contribution in [0.4, 0.5) is 5.69 Å². The second-order valence-corrected chi connectivity index (χ2v) is 4.64. The van der Waals surface area contributed by atoms with Gasteiger partial charge >= 0.3 is 0 Å². The first kappa shape index (κ1) is 13.2. The number of hydrogen-bond acceptors (Lipinski definition) is 3. The van der Waals surface area contributed by atoms with E-state index in [1.807, 2.05) is 38.1 Å². The lowest BCUT2D eigenvalue weighted by Gasteiger charge is -2.06. The van der Waals surface area contributed by atoms with Crippen LogP contribution in [0.3, 0.4) is 0 Å². The zero-order chi connectivity index (χ0) is 14.0. The third-order valence-electron chi connectivity index (χ3n) is 3.19. The number of nitrogen functional groups attached to an aromatic ring is 1. The van der Waals surface area contributed by atoms with Gasteiger partial charge < -0.3 is 15.5 Å². The Morgan fingerprint density at radius 3 is 2.58 bits per heavy atom. The molecule has 100 valence electrons. The first-order chi connectivity index (χ1) is 8.99. The average molecular weight is 258 g/mol. The van der Waals surface area contributed by atoms with Crippen LogP contribution in [0.15, 0.2) is 28.7 Å². The van der Waals surface area contributed by atoms with Crippen molar-refractivity contribution in [2.45, 2.75) is 27.3 Å². The van der Waals surface area contributed by atoms with Crippen LogP contribution in [-0.2, 0) is 6.54 Å². The van der Waals surface area contributed by atoms with Crippen LogP contribution in [0.2, 0.25) is 0 Å². The van der Waals surface area contributed by atoms with Crippen molar-refractivity contribution in [3.8, 4) is 0 Å². The molecule has 1 aromatic carbocycles. The number of aryl methyl sites for hydroxylation is 2. The lowest BCUT2D eigenvalue weighted by molar-refractivity contribution is 0.0949. The van der Waals surface area contributed by atoms with Gasteiger partial charge in [0.15, 0.2) is 0 Å². The van der Waals surface area contributed by atoms with E-state index in [1.165, 1.54) is 0 Å². The highest BCUT2D eigenvalue weighted by Crippen LogP contribution is 2.20. The molecule has 0 fully saturated rings. The van der Waals surface area contributed by atoms with Crippen LogP contribution in [-0.4, -0.2) is 5.91 Å². The quantitative estimate of drug-likeness (QED) is 0.832. The van der Waals surface area contributed by atoms with E-state index >= 15 is 0 Å². The van der Waals surface area contributed by atoms with Crippen LogP contribution in [0.5, 0.6) is 0 Å². The number of carbonyl (C=O) groups excluding carboxylic acids is 1. The highest BCUT2D eigenvalue weighted by Gasteiger charge is 2.17. The number of nitrogens with one attached hydrogen (secondary N) is 1. The van der Waals surface area contributed by atoms with Crippen molar-refractivity contribution < 1.29 is 9.21 Å². The van der Waals surface area contributed by atoms with Crippen LogP contribution < -0.4 is 11.1 Å². The van der Waals surface area contributed by atoms with E-state index < -0.39 is 0 Å². The molecule has 0 aliphatic carbocycles. The summed E-state index contributed by atoms with van der Waals surface area (Å²) in [7, 11) is 0. The van der Waals surface area contributed by atoms with Crippen molar-refractivity contribution in [3.63, 3.8) is 0 Å². The Balaban J connectivity index is 2.10. The van der Waals surface area contributed by atoms with Gasteiger partial charge in [0.1, 0.15) is 11.5 Å². The second-order valence-electron chi connectivity index (χ2n) is 4.64. The molecule has 0 aliphatic rings. The maximum Gasteiger partial charge on any atom is 0.255 e. The molecule has 3 N–H and O–H groups in total. The molecule has 1 heterocycles. The Morgan fingerprint density at radius 2 is 2.00 bits per heavy atom. The Labute approximate surface area is 112 Å². The fourth-order valence-corrected chi connectivity index (χ4v) is 2.10. The monoisotopic (exact) mass is 258 g/mol. The lowest BCUT2D eigenvalue weighted by atomic mass is 10.1. The summed E-state index contributed by atoms with van der Waals surface area (Å²) in [5.74, 6) is 1.32. The smallest absolute Gasteiger partial charge is 0.255 e. The van der Waals surface area contributed by atoms with Gasteiger partial charge in [0.25, 0.3) is 5.91 Å². The van der Waals surface area contributed by atoms with Gasteiger partial charge in [0.2, 0.25) is 0 Å². The number of amides is 1. The van der Waals surface area contributed by atoms with Gasteiger partial charge in [-0.2, -0.15) is 0 Å². The minimum Gasteiger partial charge on any atom is -0.466 e. The van der Waals surface area contributed by atoms with Gasteiger partial charge in [0.05, 0.1) is 5.56 Å². The molecule has 0 aliphatic heterocycles. The summed E-state index contributed by atoms with van der Waals surface area (Å²) < 4.78 is 5.46. The van der Waals surface area contributed by atoms with Crippen molar-refractivity contribution in [2.75, 3.05) is 5.73 Å². The van der Waals surface area contributed by atoms with Crippen molar-refractivity contribution in [2.24, 2.45) is 0 Å². The van der Waals surface area contributed by atoms with Gasteiger partial charge in [-0.3, -0.25) is 4.79 Å². The molecule has 0 spiro atoms. The summed E-state index contributed by atoms with van der Waals surface area (Å²) in [6.07, 6.45) is 0. The number of anilines is 1. The first-order valence-corrected chi connectivity index (χ1v) is 6.18. The van der Waals surface area contributed by atoms with E-state index in [4.69, 9.17) is 10.2 Å². The Morgan fingerprint density at radius 1 is 1.26 bits per heavy atom. The largest absolute Gasteiger partial charge is 0.466 e. The third kappa shape index (κ3) is 2.78. The fourth-order valence-electron chi connectivity index (χ4n) is 2.10. The van der Waals surface area contributed by atoms with E-state index in [0.29, 0.717) is 23.6 Å². The van der Waals surface area contributed by atoms with Crippen LogP contribution >= 0.6 is 0 Å². The van der Waals surface area contributed by atoms with Gasteiger partial charge in [-0.25, -0.2) is 0 Å². The molecule has 0 saturated carbocycles. The molecule has 0 unspecified atom stereocenters. The predicted molar refractivity (Wildman–Crippen MR) is 74.9 cm³/mol. The normalized spacial score (nSPS) is 10.5. The molecule has 0 bridgehead atoms. The van der Waals surface area contributed by atoms with E-state index in [1.54, 1.807) is 6.92 Å². The standard InChI is InChI=1S/C15H18N2O2/c1-9-10(2)19-11(3)14(9)15(18)17-8-12-5-4-6-13(16)7-12/h4-7H,8,16H2,1-3H3,(H,17,18). The fraction of sp³-hybridized carbons (Fsp3) is 0.267. The van der Waals surface area contributed by atoms with Crippen LogP contribution in [0.1, 0.15) is 33.0 Å². The summed E-state index contributed by atoms with van der Waals surface area (Å²) in [5, 5.41) is 2.88. The van der Waals surface area contributed by atoms with E-state index in [9.17, 15) is 4.79 Å². The van der Waals surface area contributed by atoms with Gasteiger partial charge in [0, 0.05) is 17.8 Å². The number of benzene rings is 1. The number of hydrogen-bond donors (Lipinski definition) is 2. The van der Waals surface area contributed by atoms with Gasteiger partial charge in [-0.15, -0.1) is 0 Å². The predicted octanol–water partition coefficient (Wildman–Crippen LogP) is 2.72. The van der Waals surface area contributed by atoms with Crippen LogP contribution in [0, 0.1) is 20.8 Å². The van der Waals surface area contributed by atoms with E-state index in [-0.39, 0.29) is 5.91 Å². The molecule has 0 radical (unpaired) electrons. The summed E-state index contributed by atoms with van der Waals surface area (Å²) in [6, 6.07) is 7.46. The third-order valence-corrected chi connectivity index (χ3v) is 3.19. The topological polar surface area (TPSA) is 68.3 Å². The highest BCUT2D eigenvalue weighted by molar-refractivity contribution is 5.96. The lowest BCUT2D eigenvalue weighted by Crippen LogP contribution is -2.23. The maximum atomic E-state index is 12.2. The van der Waals surface area contributed by atoms with E-state index in [0.717, 1.165) is 16.9 Å². The molecular weight excluding hydrogens is 240 g/mol. The molecule has 0 saturated heterocycles. The SMILES string of the molecule is Cc1oc(C)c(C(=O)NCc2cccc(N)c2)c1C. The summed E-state index contributed by atoms with van der Waals surface area (Å²) in [4.78, 5) is 12.2. The minimum absolute atomic E-state index is 0.116. The zero-order valence-electron chi connectivity index (χ0n) is 11.4. The maximum absolute atomic E-state index is 12.2. The molecule has 2 aromatic rings. The number of nitrogens with two attached hydrogens (primary N) is 1. The number of rotatable bonds is 3. The summed E-state index contributed by atoms with van der Waals surface area (Å²) >= 11 is 0. The second kappa shape index (κ2) is 5.18. The first-order valence-electron chi connectivity index (χ1n) is 6.18. The molecule has 0 atom stereocenters. The number of furan rings is 1. The highest BCUT2D eigenvalue weighted by atomic mass is 16.3. The van der Waals surface area contributed by atoms with E-state index in [2.05, 4.69) is 5.32 Å². The van der Waals surface area contributed by atoms with Gasteiger partial charge in [-0.1, -0.05) is 12.1 Å². The molecule has 19 heavy (non-hydrogen) atoms. The minimum atomic E-state index is -0.116. The van der Waals surface area contributed by atoms with Gasteiger partial charge in [-0.05, 0) is 38.5 Å². The molecule has 2 rings (SSSR count). The molecule has 1 aromatic heterocycles. The molecular formula is C15H18N2O2. The van der Waals surface area contributed by atoms with Crippen LogP contribution in [0.25, 0.3) is 0 Å². The van der Waals surface area contributed by atoms with Crippen molar-refractivity contribution in [1.29, 1.82) is 0 Å². The number of carbonyl (C=O) groups is 1. The average Bonchev–Trinajstić information content (AvgIpc) is 2.61. The van der Waals surface area contributed by atoms with Crippen molar-refractivity contribution in [1.82, 2.24) is 5.32 Å². The molecule has 4 nitrogen and oxygen atoms in total. The Hall–Kier alpha value is -2.23. The zero-order valence-corrected chi connectivity index (χ0v) is 11.4.